The summed E-state index contributed by atoms with van der Waals surface area (Å²) in [7, 11) is 0. The molecule has 1 saturated heterocycles. The summed E-state index contributed by atoms with van der Waals surface area (Å²) in [6, 6.07) is 7.04. The summed E-state index contributed by atoms with van der Waals surface area (Å²) < 4.78 is 6.04. The van der Waals surface area contributed by atoms with Crippen molar-refractivity contribution in [3.63, 3.8) is 0 Å². The number of carbonyl (C=O) groups is 1. The Hall–Kier alpha value is -1.04. The van der Waals surface area contributed by atoms with E-state index in [-0.39, 0.29) is 5.91 Å². The zero-order chi connectivity index (χ0) is 14.7. The molecule has 0 aliphatic carbocycles. The summed E-state index contributed by atoms with van der Waals surface area (Å²) >= 11 is 12.5. The summed E-state index contributed by atoms with van der Waals surface area (Å²) in [6.07, 6.45) is 0.666. The molecule has 1 aromatic carbocycles. The Kier molecular flexibility index (Phi) is 5.07. The molecule has 0 radical (unpaired) electrons. The highest BCUT2D eigenvalue weighted by atomic mass is 35.5. The summed E-state index contributed by atoms with van der Waals surface area (Å²) in [5.41, 5.74) is 0.721. The summed E-state index contributed by atoms with van der Waals surface area (Å²) in [6.45, 7) is 4.39. The van der Waals surface area contributed by atoms with Gasteiger partial charge in [0.1, 0.15) is 10.7 Å². The van der Waals surface area contributed by atoms with E-state index in [0.717, 1.165) is 5.69 Å². The monoisotopic (exact) mass is 327 g/mol. The molecule has 0 bridgehead atoms. The first-order valence-electron chi connectivity index (χ1n) is 6.26. The molecule has 0 unspecified atom stereocenters. The van der Waals surface area contributed by atoms with Gasteiger partial charge in [0, 0.05) is 11.4 Å². The first-order chi connectivity index (χ1) is 9.58. The molecule has 0 spiro atoms. The van der Waals surface area contributed by atoms with E-state index in [1.54, 1.807) is 24.3 Å². The zero-order valence-electron chi connectivity index (χ0n) is 11.2. The fourth-order valence-corrected chi connectivity index (χ4v) is 3.37. The van der Waals surface area contributed by atoms with Crippen molar-refractivity contribution in [2.24, 2.45) is 0 Å². The molecule has 1 aliphatic heterocycles. The van der Waals surface area contributed by atoms with Gasteiger partial charge in [0.2, 0.25) is 0 Å². The Balaban J connectivity index is 2.36. The van der Waals surface area contributed by atoms with Crippen molar-refractivity contribution in [3.05, 3.63) is 40.0 Å². The van der Waals surface area contributed by atoms with Crippen molar-refractivity contribution >= 4 is 51.5 Å². The van der Waals surface area contributed by atoms with E-state index in [0.29, 0.717) is 33.0 Å². The van der Waals surface area contributed by atoms with Gasteiger partial charge in [-0.3, -0.25) is 9.69 Å². The average Bonchev–Trinajstić information content (AvgIpc) is 2.73. The topological polar surface area (TPSA) is 29.5 Å². The number of allylic oxidation sites excluding steroid dienone is 1. The van der Waals surface area contributed by atoms with E-state index in [2.05, 4.69) is 0 Å². The lowest BCUT2D eigenvalue weighted by atomic mass is 10.2. The number of benzene rings is 1. The predicted octanol–water partition coefficient (Wildman–Crippen LogP) is 4.36. The number of anilines is 1. The van der Waals surface area contributed by atoms with E-state index >= 15 is 0 Å². The van der Waals surface area contributed by atoms with Gasteiger partial charge >= 0.3 is 0 Å². The summed E-state index contributed by atoms with van der Waals surface area (Å²) in [5.74, 6) is 0.564. The highest BCUT2D eigenvalue weighted by Crippen LogP contribution is 2.37. The van der Waals surface area contributed by atoms with Gasteiger partial charge in [-0.1, -0.05) is 42.5 Å². The van der Waals surface area contributed by atoms with Gasteiger partial charge in [-0.05, 0) is 31.2 Å². The lowest BCUT2D eigenvalue weighted by molar-refractivity contribution is -0.113. The lowest BCUT2D eigenvalue weighted by Crippen LogP contribution is -2.27. The van der Waals surface area contributed by atoms with E-state index < -0.39 is 0 Å². The van der Waals surface area contributed by atoms with E-state index in [1.165, 1.54) is 16.7 Å². The Morgan fingerprint density at radius 2 is 2.00 bits per heavy atom. The summed E-state index contributed by atoms with van der Waals surface area (Å²) in [5, 5.41) is 0.623. The van der Waals surface area contributed by atoms with E-state index in [9.17, 15) is 4.79 Å². The standard InChI is InChI=1S/C14H14ClNO2S2/c1-3-11(18-4-2)12-13(17)16(14(19)20-12)10-7-5-9(15)6-8-10/h5-8H,3-4H2,1-2H3. The van der Waals surface area contributed by atoms with Crippen molar-refractivity contribution in [1.82, 2.24) is 0 Å². The second-order valence-corrected chi connectivity index (χ2v) is 6.10. The minimum absolute atomic E-state index is 0.132. The second-order valence-electron chi connectivity index (χ2n) is 4.02. The number of thioether (sulfide) groups is 1. The Morgan fingerprint density at radius 1 is 1.35 bits per heavy atom. The molecule has 20 heavy (non-hydrogen) atoms. The van der Waals surface area contributed by atoms with Crippen molar-refractivity contribution in [2.45, 2.75) is 20.3 Å². The van der Waals surface area contributed by atoms with Crippen LogP contribution < -0.4 is 4.90 Å². The Morgan fingerprint density at radius 3 is 2.55 bits per heavy atom. The number of carbonyl (C=O) groups excluding carboxylic acids is 1. The van der Waals surface area contributed by atoms with E-state index in [1.807, 2.05) is 13.8 Å². The maximum atomic E-state index is 12.5. The number of thiocarbonyl (C=S) groups is 1. The van der Waals surface area contributed by atoms with Crippen LogP contribution in [0.15, 0.2) is 34.9 Å². The number of hydrogen-bond acceptors (Lipinski definition) is 4. The highest BCUT2D eigenvalue weighted by molar-refractivity contribution is 8.27. The molecule has 1 amide bonds. The third-order valence-electron chi connectivity index (χ3n) is 2.75. The van der Waals surface area contributed by atoms with Crippen LogP contribution in [-0.2, 0) is 9.53 Å². The van der Waals surface area contributed by atoms with Crippen molar-refractivity contribution in [1.29, 1.82) is 0 Å². The fraction of sp³-hybridized carbons (Fsp3) is 0.286. The first-order valence-corrected chi connectivity index (χ1v) is 7.86. The molecular weight excluding hydrogens is 314 g/mol. The van der Waals surface area contributed by atoms with Crippen LogP contribution in [0.2, 0.25) is 5.02 Å². The smallest absolute Gasteiger partial charge is 0.274 e. The van der Waals surface area contributed by atoms with Crippen molar-refractivity contribution in [2.75, 3.05) is 11.5 Å². The third-order valence-corrected chi connectivity index (χ3v) is 4.40. The predicted molar refractivity (Wildman–Crippen MR) is 88.1 cm³/mol. The van der Waals surface area contributed by atoms with Crippen LogP contribution in [0.5, 0.6) is 0 Å². The quantitative estimate of drug-likeness (QED) is 0.467. The molecule has 1 aliphatic rings. The van der Waals surface area contributed by atoms with Crippen LogP contribution in [0.1, 0.15) is 20.3 Å². The van der Waals surface area contributed by atoms with Crippen LogP contribution in [0.4, 0.5) is 5.69 Å². The highest BCUT2D eigenvalue weighted by Gasteiger charge is 2.35. The Bertz CT molecular complexity index is 569. The van der Waals surface area contributed by atoms with Gasteiger partial charge in [-0.2, -0.15) is 0 Å². The van der Waals surface area contributed by atoms with Gasteiger partial charge in [-0.25, -0.2) is 0 Å². The molecule has 0 aromatic heterocycles. The normalized spacial score (nSPS) is 17.6. The van der Waals surface area contributed by atoms with Gasteiger partial charge < -0.3 is 4.74 Å². The molecular formula is C14H14ClNO2S2. The van der Waals surface area contributed by atoms with Crippen molar-refractivity contribution < 1.29 is 9.53 Å². The number of nitrogens with zero attached hydrogens (tertiary/aromatic N) is 1. The SMILES string of the molecule is CCOC(CC)=C1SC(=S)N(c2ccc(Cl)cc2)C1=O. The zero-order valence-corrected chi connectivity index (χ0v) is 13.6. The average molecular weight is 328 g/mol. The minimum Gasteiger partial charge on any atom is -0.497 e. The molecule has 3 nitrogen and oxygen atoms in total. The number of ether oxygens (including phenoxy) is 1. The largest absolute Gasteiger partial charge is 0.497 e. The van der Waals surface area contributed by atoms with Gasteiger partial charge in [0.25, 0.3) is 5.91 Å². The number of hydrogen-bond donors (Lipinski definition) is 0. The van der Waals surface area contributed by atoms with Crippen molar-refractivity contribution in [3.8, 4) is 0 Å². The van der Waals surface area contributed by atoms with Crippen LogP contribution in [0.3, 0.4) is 0 Å². The summed E-state index contributed by atoms with van der Waals surface area (Å²) in [4.78, 5) is 14.6. The molecule has 0 N–H and O–H groups in total. The number of rotatable bonds is 4. The molecule has 1 fully saturated rings. The van der Waals surface area contributed by atoms with Gasteiger partial charge in [0.05, 0.1) is 12.3 Å². The maximum absolute atomic E-state index is 12.5. The second kappa shape index (κ2) is 6.61. The first kappa shape index (κ1) is 15.4. The van der Waals surface area contributed by atoms with E-state index in [4.69, 9.17) is 28.6 Å². The van der Waals surface area contributed by atoms with Gasteiger partial charge in [0.15, 0.2) is 4.32 Å². The molecule has 0 saturated carbocycles. The fourth-order valence-electron chi connectivity index (χ4n) is 1.85. The van der Waals surface area contributed by atoms with Crippen LogP contribution >= 0.6 is 35.6 Å². The van der Waals surface area contributed by atoms with Crippen LogP contribution in [-0.4, -0.2) is 16.8 Å². The third kappa shape index (κ3) is 3.00. The number of halogens is 1. The minimum atomic E-state index is -0.132. The molecule has 6 heteroatoms. The molecule has 1 heterocycles. The Labute approximate surface area is 132 Å². The maximum Gasteiger partial charge on any atom is 0.274 e. The molecule has 106 valence electrons. The number of amides is 1. The van der Waals surface area contributed by atoms with Crippen LogP contribution in [0, 0.1) is 0 Å². The lowest BCUT2D eigenvalue weighted by Gasteiger charge is -2.14. The molecule has 0 atom stereocenters. The van der Waals surface area contributed by atoms with Gasteiger partial charge in [-0.15, -0.1) is 0 Å². The molecule has 2 rings (SSSR count). The van der Waals surface area contributed by atoms with Crippen LogP contribution in [0.25, 0.3) is 0 Å². The molecule has 1 aromatic rings.